The molecule has 0 atom stereocenters. The Kier molecular flexibility index (Phi) is 3.47. The van der Waals surface area contributed by atoms with Crippen molar-refractivity contribution < 1.29 is 4.74 Å². The average molecular weight is 295 g/mol. The van der Waals surface area contributed by atoms with Crippen LogP contribution < -0.4 is 4.74 Å². The van der Waals surface area contributed by atoms with Gasteiger partial charge >= 0.3 is 0 Å². The number of ether oxygens (including phenoxy) is 1. The molecule has 3 nitrogen and oxygen atoms in total. The standard InChI is InChI=1S/C17H11ClN2O/c1-11-2-3-12-9-13(10-19)17(20-16(12)8-11)21-15-6-4-14(18)5-7-15/h2-9H,1H3. The quantitative estimate of drug-likeness (QED) is 0.678. The van der Waals surface area contributed by atoms with Crippen LogP contribution in [0, 0.1) is 18.3 Å². The number of nitrogens with zero attached hydrogens (tertiary/aromatic N) is 2. The summed E-state index contributed by atoms with van der Waals surface area (Å²) in [7, 11) is 0. The second-order valence-electron chi connectivity index (χ2n) is 4.71. The summed E-state index contributed by atoms with van der Waals surface area (Å²) >= 11 is 5.85. The van der Waals surface area contributed by atoms with E-state index in [1.165, 1.54) is 0 Å². The Morgan fingerprint density at radius 1 is 1.10 bits per heavy atom. The molecule has 3 rings (SSSR count). The maximum atomic E-state index is 9.26. The third-order valence-corrected chi connectivity index (χ3v) is 3.34. The Bertz CT molecular complexity index is 851. The van der Waals surface area contributed by atoms with Crippen molar-refractivity contribution in [3.63, 3.8) is 0 Å². The van der Waals surface area contributed by atoms with Gasteiger partial charge in [-0.1, -0.05) is 23.7 Å². The summed E-state index contributed by atoms with van der Waals surface area (Å²) in [6.07, 6.45) is 0. The lowest BCUT2D eigenvalue weighted by Crippen LogP contribution is -1.93. The fourth-order valence-corrected chi connectivity index (χ4v) is 2.16. The van der Waals surface area contributed by atoms with Crippen molar-refractivity contribution in [1.29, 1.82) is 5.26 Å². The molecule has 0 unspecified atom stereocenters. The van der Waals surface area contributed by atoms with Gasteiger partial charge in [0.05, 0.1) is 5.52 Å². The predicted octanol–water partition coefficient (Wildman–Crippen LogP) is 4.86. The minimum atomic E-state index is 0.304. The number of hydrogen-bond donors (Lipinski definition) is 0. The van der Waals surface area contributed by atoms with Gasteiger partial charge in [-0.15, -0.1) is 0 Å². The minimum Gasteiger partial charge on any atom is -0.438 e. The maximum Gasteiger partial charge on any atom is 0.237 e. The molecule has 1 aromatic heterocycles. The van der Waals surface area contributed by atoms with E-state index < -0.39 is 0 Å². The smallest absolute Gasteiger partial charge is 0.237 e. The number of halogens is 1. The molecule has 0 saturated heterocycles. The van der Waals surface area contributed by atoms with Gasteiger partial charge in [0.1, 0.15) is 17.4 Å². The van der Waals surface area contributed by atoms with Crippen molar-refractivity contribution in [2.75, 3.05) is 0 Å². The summed E-state index contributed by atoms with van der Waals surface area (Å²) in [6, 6.07) is 16.8. The zero-order chi connectivity index (χ0) is 14.8. The number of benzene rings is 2. The Hall–Kier alpha value is -2.57. The topological polar surface area (TPSA) is 45.9 Å². The van der Waals surface area contributed by atoms with Crippen LogP contribution in [0.25, 0.3) is 10.9 Å². The molecule has 0 saturated carbocycles. The van der Waals surface area contributed by atoms with Crippen molar-refractivity contribution in [1.82, 2.24) is 4.98 Å². The maximum absolute atomic E-state index is 9.26. The lowest BCUT2D eigenvalue weighted by molar-refractivity contribution is 0.463. The first kappa shape index (κ1) is 13.4. The monoisotopic (exact) mass is 294 g/mol. The van der Waals surface area contributed by atoms with E-state index in [0.29, 0.717) is 22.2 Å². The Balaban J connectivity index is 2.08. The fourth-order valence-electron chi connectivity index (χ4n) is 2.03. The molecule has 3 aromatic rings. The summed E-state index contributed by atoms with van der Waals surface area (Å²) in [4.78, 5) is 4.45. The van der Waals surface area contributed by atoms with Crippen LogP contribution in [-0.4, -0.2) is 4.98 Å². The highest BCUT2D eigenvalue weighted by Crippen LogP contribution is 2.27. The molecule has 2 aromatic carbocycles. The largest absolute Gasteiger partial charge is 0.438 e. The van der Waals surface area contributed by atoms with E-state index in [9.17, 15) is 5.26 Å². The van der Waals surface area contributed by atoms with Gasteiger partial charge in [-0.25, -0.2) is 4.98 Å². The molecule has 4 heteroatoms. The first-order chi connectivity index (χ1) is 10.2. The van der Waals surface area contributed by atoms with Crippen molar-refractivity contribution in [3.8, 4) is 17.7 Å². The number of nitriles is 1. The second kappa shape index (κ2) is 5.43. The molecular formula is C17H11ClN2O. The van der Waals surface area contributed by atoms with Crippen LogP contribution in [0.15, 0.2) is 48.5 Å². The molecule has 102 valence electrons. The highest BCUT2D eigenvalue weighted by molar-refractivity contribution is 6.30. The number of rotatable bonds is 2. The lowest BCUT2D eigenvalue weighted by atomic mass is 10.1. The molecule has 0 fully saturated rings. The number of aryl methyl sites for hydroxylation is 1. The third kappa shape index (κ3) is 2.81. The van der Waals surface area contributed by atoms with E-state index in [-0.39, 0.29) is 0 Å². The van der Waals surface area contributed by atoms with Crippen molar-refractivity contribution in [2.45, 2.75) is 6.92 Å². The molecule has 0 aliphatic heterocycles. The van der Waals surface area contributed by atoms with Crippen LogP contribution in [-0.2, 0) is 0 Å². The van der Waals surface area contributed by atoms with Gasteiger partial charge in [-0.2, -0.15) is 5.26 Å². The Labute approximate surface area is 127 Å². The fraction of sp³-hybridized carbons (Fsp3) is 0.0588. The van der Waals surface area contributed by atoms with Gasteiger partial charge in [0.2, 0.25) is 5.88 Å². The van der Waals surface area contributed by atoms with Crippen molar-refractivity contribution in [2.24, 2.45) is 0 Å². The summed E-state index contributed by atoms with van der Waals surface area (Å²) in [5.74, 6) is 0.897. The van der Waals surface area contributed by atoms with Gasteiger partial charge in [-0.05, 0) is 48.9 Å². The number of aromatic nitrogens is 1. The SMILES string of the molecule is Cc1ccc2cc(C#N)c(Oc3ccc(Cl)cc3)nc2c1. The molecule has 0 spiro atoms. The third-order valence-electron chi connectivity index (χ3n) is 3.09. The van der Waals surface area contributed by atoms with Crippen LogP contribution in [0.4, 0.5) is 0 Å². The van der Waals surface area contributed by atoms with Gasteiger partial charge < -0.3 is 4.74 Å². The zero-order valence-electron chi connectivity index (χ0n) is 11.3. The van der Waals surface area contributed by atoms with E-state index >= 15 is 0 Å². The first-order valence-electron chi connectivity index (χ1n) is 6.40. The van der Waals surface area contributed by atoms with Crippen LogP contribution in [0.2, 0.25) is 5.02 Å². The molecule has 0 amide bonds. The van der Waals surface area contributed by atoms with Crippen LogP contribution in [0.5, 0.6) is 11.6 Å². The zero-order valence-corrected chi connectivity index (χ0v) is 12.1. The summed E-state index contributed by atoms with van der Waals surface area (Å²) in [6.45, 7) is 2.00. The summed E-state index contributed by atoms with van der Waals surface area (Å²) < 4.78 is 5.71. The predicted molar refractivity (Wildman–Crippen MR) is 82.7 cm³/mol. The van der Waals surface area contributed by atoms with Gasteiger partial charge in [0.25, 0.3) is 0 Å². The van der Waals surface area contributed by atoms with Crippen LogP contribution in [0.3, 0.4) is 0 Å². The lowest BCUT2D eigenvalue weighted by Gasteiger charge is -2.08. The molecule has 0 aliphatic carbocycles. The van der Waals surface area contributed by atoms with Gasteiger partial charge in [0.15, 0.2) is 0 Å². The highest BCUT2D eigenvalue weighted by atomic mass is 35.5. The normalized spacial score (nSPS) is 10.3. The molecule has 0 aliphatic rings. The number of fused-ring (bicyclic) bond motifs is 1. The second-order valence-corrected chi connectivity index (χ2v) is 5.14. The number of pyridine rings is 1. The summed E-state index contributed by atoms with van der Waals surface area (Å²) in [5, 5.41) is 10.8. The van der Waals surface area contributed by atoms with Gasteiger partial charge in [-0.3, -0.25) is 0 Å². The highest BCUT2D eigenvalue weighted by Gasteiger charge is 2.09. The van der Waals surface area contributed by atoms with Gasteiger partial charge in [0, 0.05) is 10.4 Å². The minimum absolute atomic E-state index is 0.304. The van der Waals surface area contributed by atoms with E-state index in [1.807, 2.05) is 25.1 Å². The van der Waals surface area contributed by atoms with E-state index in [1.54, 1.807) is 30.3 Å². The van der Waals surface area contributed by atoms with Crippen molar-refractivity contribution >= 4 is 22.5 Å². The van der Waals surface area contributed by atoms with Crippen LogP contribution in [0.1, 0.15) is 11.1 Å². The van der Waals surface area contributed by atoms with Crippen LogP contribution >= 0.6 is 11.6 Å². The first-order valence-corrected chi connectivity index (χ1v) is 6.78. The van der Waals surface area contributed by atoms with Crippen molar-refractivity contribution in [3.05, 3.63) is 64.7 Å². The Morgan fingerprint density at radius 3 is 2.57 bits per heavy atom. The molecular weight excluding hydrogens is 284 g/mol. The Morgan fingerprint density at radius 2 is 1.86 bits per heavy atom. The summed E-state index contributed by atoms with van der Waals surface area (Å²) in [5.41, 5.74) is 2.32. The average Bonchev–Trinajstić information content (AvgIpc) is 2.49. The number of hydrogen-bond acceptors (Lipinski definition) is 3. The molecule has 0 N–H and O–H groups in total. The van der Waals surface area contributed by atoms with E-state index in [0.717, 1.165) is 16.5 Å². The molecule has 21 heavy (non-hydrogen) atoms. The van der Waals surface area contributed by atoms with E-state index in [2.05, 4.69) is 11.1 Å². The molecule has 0 bridgehead atoms. The molecule has 0 radical (unpaired) electrons. The molecule has 1 heterocycles. The van der Waals surface area contributed by atoms with E-state index in [4.69, 9.17) is 16.3 Å².